The van der Waals surface area contributed by atoms with Crippen LogP contribution in [0.3, 0.4) is 0 Å². The molecule has 0 saturated heterocycles. The molecule has 1 heterocycles. The number of anilines is 1. The minimum Gasteiger partial charge on any atom is -0.444 e. The van der Waals surface area contributed by atoms with Crippen LogP contribution >= 0.6 is 11.3 Å². The van der Waals surface area contributed by atoms with Crippen molar-refractivity contribution in [3.8, 4) is 0 Å². The second-order valence-corrected chi connectivity index (χ2v) is 8.20. The molecule has 5 nitrogen and oxygen atoms in total. The van der Waals surface area contributed by atoms with Gasteiger partial charge in [-0.1, -0.05) is 18.2 Å². The Balaban J connectivity index is 1.88. The maximum absolute atomic E-state index is 12.1. The fraction of sp³-hybridized carbons (Fsp3) is 0.400. The molecule has 0 spiro atoms. The summed E-state index contributed by atoms with van der Waals surface area (Å²) in [6, 6.07) is 11.5. The van der Waals surface area contributed by atoms with Crippen molar-refractivity contribution in [1.82, 2.24) is 4.90 Å². The second-order valence-electron chi connectivity index (χ2n) is 7.16. The van der Waals surface area contributed by atoms with E-state index >= 15 is 0 Å². The molecular weight excluding hydrogens is 348 g/mol. The number of carbonyl (C=O) groups excluding carboxylic acids is 2. The number of nitrogens with one attached hydrogen (secondary N) is 1. The van der Waals surface area contributed by atoms with Gasteiger partial charge in [0.15, 0.2) is 0 Å². The fourth-order valence-corrected chi connectivity index (χ4v) is 3.05. The van der Waals surface area contributed by atoms with Gasteiger partial charge in [0, 0.05) is 30.6 Å². The number of hydrogen-bond acceptors (Lipinski definition) is 4. The summed E-state index contributed by atoms with van der Waals surface area (Å²) < 4.78 is 5.35. The van der Waals surface area contributed by atoms with Gasteiger partial charge in [0.25, 0.3) is 0 Å². The first kappa shape index (κ1) is 20.0. The van der Waals surface area contributed by atoms with Crippen LogP contribution in [0.5, 0.6) is 0 Å². The quantitative estimate of drug-likeness (QED) is 0.798. The highest BCUT2D eigenvalue weighted by atomic mass is 32.1. The topological polar surface area (TPSA) is 58.6 Å². The number of nitrogens with zero attached hydrogens (tertiary/aromatic N) is 1. The van der Waals surface area contributed by atoms with Crippen LogP contribution in [0.1, 0.15) is 37.6 Å². The molecular formula is C20H26N2O3S. The third-order valence-electron chi connectivity index (χ3n) is 3.51. The Bertz CT molecular complexity index is 736. The molecule has 2 aromatic rings. The summed E-state index contributed by atoms with van der Waals surface area (Å²) >= 11 is 1.66. The highest BCUT2D eigenvalue weighted by Crippen LogP contribution is 2.16. The van der Waals surface area contributed by atoms with E-state index in [1.54, 1.807) is 18.4 Å². The number of carbonyl (C=O) groups is 2. The van der Waals surface area contributed by atoms with Gasteiger partial charge in [-0.3, -0.25) is 4.79 Å². The molecule has 0 bridgehead atoms. The summed E-state index contributed by atoms with van der Waals surface area (Å²) in [6.45, 7) is 5.93. The van der Waals surface area contributed by atoms with E-state index in [9.17, 15) is 9.59 Å². The lowest BCUT2D eigenvalue weighted by molar-refractivity contribution is -0.116. The van der Waals surface area contributed by atoms with Crippen molar-refractivity contribution in [1.29, 1.82) is 0 Å². The fourth-order valence-electron chi connectivity index (χ4n) is 2.34. The molecule has 2 rings (SSSR count). The Morgan fingerprint density at radius 3 is 2.62 bits per heavy atom. The smallest absolute Gasteiger partial charge is 0.410 e. The second kappa shape index (κ2) is 8.85. The molecule has 1 aromatic heterocycles. The predicted molar refractivity (Wildman–Crippen MR) is 105 cm³/mol. The van der Waals surface area contributed by atoms with Crippen LogP contribution in [0.25, 0.3) is 0 Å². The summed E-state index contributed by atoms with van der Waals surface area (Å²) in [7, 11) is 1.69. The van der Waals surface area contributed by atoms with Crippen molar-refractivity contribution in [2.75, 3.05) is 12.4 Å². The lowest BCUT2D eigenvalue weighted by Crippen LogP contribution is -2.33. The number of benzene rings is 1. The van der Waals surface area contributed by atoms with Crippen molar-refractivity contribution in [3.05, 3.63) is 52.2 Å². The van der Waals surface area contributed by atoms with Crippen molar-refractivity contribution in [2.24, 2.45) is 0 Å². The van der Waals surface area contributed by atoms with Gasteiger partial charge < -0.3 is 15.0 Å². The highest BCUT2D eigenvalue weighted by Gasteiger charge is 2.19. The van der Waals surface area contributed by atoms with E-state index in [1.807, 2.05) is 62.5 Å². The molecule has 1 N–H and O–H groups in total. The van der Waals surface area contributed by atoms with Gasteiger partial charge >= 0.3 is 6.09 Å². The van der Waals surface area contributed by atoms with Crippen molar-refractivity contribution < 1.29 is 14.3 Å². The summed E-state index contributed by atoms with van der Waals surface area (Å²) in [5.74, 6) is -0.0175. The average molecular weight is 375 g/mol. The zero-order valence-corrected chi connectivity index (χ0v) is 16.6. The van der Waals surface area contributed by atoms with Crippen LogP contribution in [0.4, 0.5) is 10.5 Å². The Morgan fingerprint density at radius 1 is 1.19 bits per heavy atom. The van der Waals surface area contributed by atoms with Gasteiger partial charge in [-0.15, -0.1) is 11.3 Å². The first-order valence-electron chi connectivity index (χ1n) is 8.58. The Kier molecular flexibility index (Phi) is 6.80. The van der Waals surface area contributed by atoms with Crippen LogP contribution in [0, 0.1) is 0 Å². The lowest BCUT2D eigenvalue weighted by Gasteiger charge is -2.24. The van der Waals surface area contributed by atoms with Gasteiger partial charge in [0.2, 0.25) is 5.91 Å². The van der Waals surface area contributed by atoms with E-state index < -0.39 is 5.60 Å². The van der Waals surface area contributed by atoms with Gasteiger partial charge in [-0.2, -0.15) is 0 Å². The minimum atomic E-state index is -0.524. The summed E-state index contributed by atoms with van der Waals surface area (Å²) in [5, 5.41) is 4.93. The maximum Gasteiger partial charge on any atom is 0.410 e. The number of hydrogen-bond donors (Lipinski definition) is 1. The molecule has 140 valence electrons. The molecule has 0 aliphatic heterocycles. The van der Waals surface area contributed by atoms with Crippen LogP contribution < -0.4 is 5.32 Å². The van der Waals surface area contributed by atoms with Crippen molar-refractivity contribution in [3.63, 3.8) is 0 Å². The SMILES string of the molecule is CN(Cc1cccc(NC(=O)CCc2cccs2)c1)C(=O)OC(C)(C)C. The molecule has 0 aliphatic rings. The molecule has 0 unspecified atom stereocenters. The van der Waals surface area contributed by atoms with Gasteiger partial charge in [0.05, 0.1) is 0 Å². The standard InChI is InChI=1S/C20H26N2O3S/c1-20(2,3)25-19(24)22(4)14-15-7-5-8-16(13-15)21-18(23)11-10-17-9-6-12-26-17/h5-9,12-13H,10-11,14H2,1-4H3,(H,21,23). The largest absolute Gasteiger partial charge is 0.444 e. The molecule has 0 saturated carbocycles. The van der Waals surface area contributed by atoms with Crippen molar-refractivity contribution >= 4 is 29.0 Å². The summed E-state index contributed by atoms with van der Waals surface area (Å²) in [4.78, 5) is 26.9. The lowest BCUT2D eigenvalue weighted by atomic mass is 10.2. The highest BCUT2D eigenvalue weighted by molar-refractivity contribution is 7.09. The van der Waals surface area contributed by atoms with Gasteiger partial charge in [-0.25, -0.2) is 4.79 Å². The van der Waals surface area contributed by atoms with Gasteiger partial charge in [-0.05, 0) is 56.3 Å². The van der Waals surface area contributed by atoms with Crippen LogP contribution in [-0.2, 0) is 22.5 Å². The van der Waals surface area contributed by atoms with E-state index in [0.717, 1.165) is 17.7 Å². The Labute approximate surface area is 159 Å². The number of amides is 2. The van der Waals surface area contributed by atoms with Crippen molar-refractivity contribution in [2.45, 2.75) is 45.8 Å². The zero-order valence-electron chi connectivity index (χ0n) is 15.7. The van der Waals surface area contributed by atoms with Crippen LogP contribution in [0.15, 0.2) is 41.8 Å². The third-order valence-corrected chi connectivity index (χ3v) is 4.45. The molecule has 6 heteroatoms. The average Bonchev–Trinajstić information content (AvgIpc) is 3.05. The summed E-state index contributed by atoms with van der Waals surface area (Å²) in [5.41, 5.74) is 1.13. The van der Waals surface area contributed by atoms with Crippen LogP contribution in [0.2, 0.25) is 0 Å². The van der Waals surface area contributed by atoms with Crippen LogP contribution in [-0.4, -0.2) is 29.5 Å². The molecule has 0 atom stereocenters. The van der Waals surface area contributed by atoms with E-state index in [2.05, 4.69) is 5.32 Å². The first-order chi connectivity index (χ1) is 12.2. The van der Waals surface area contributed by atoms with Gasteiger partial charge in [0.1, 0.15) is 5.60 Å². The minimum absolute atomic E-state index is 0.0175. The monoisotopic (exact) mass is 374 g/mol. The molecule has 1 aromatic carbocycles. The first-order valence-corrected chi connectivity index (χ1v) is 9.46. The third kappa shape index (κ3) is 6.88. The number of rotatable bonds is 6. The number of ether oxygens (including phenoxy) is 1. The maximum atomic E-state index is 12.1. The molecule has 26 heavy (non-hydrogen) atoms. The van der Waals surface area contributed by atoms with E-state index in [-0.39, 0.29) is 12.0 Å². The van der Waals surface area contributed by atoms with E-state index in [4.69, 9.17) is 4.74 Å². The zero-order chi connectivity index (χ0) is 19.2. The molecule has 0 aliphatic carbocycles. The van der Waals surface area contributed by atoms with E-state index in [1.165, 1.54) is 9.78 Å². The molecule has 0 radical (unpaired) electrons. The number of aryl methyl sites for hydroxylation is 1. The normalized spacial score (nSPS) is 11.1. The molecule has 0 fully saturated rings. The summed E-state index contributed by atoms with van der Waals surface area (Å²) in [6.07, 6.45) is 0.815. The predicted octanol–water partition coefficient (Wildman–Crippen LogP) is 4.69. The Hall–Kier alpha value is -2.34. The van der Waals surface area contributed by atoms with E-state index in [0.29, 0.717) is 13.0 Å². The number of thiophene rings is 1. The Morgan fingerprint density at radius 2 is 1.96 bits per heavy atom. The molecule has 2 amide bonds.